The lowest BCUT2D eigenvalue weighted by atomic mass is 10.2. The van der Waals surface area contributed by atoms with Crippen molar-refractivity contribution in [1.29, 1.82) is 0 Å². The van der Waals surface area contributed by atoms with E-state index < -0.39 is 0 Å². The zero-order valence-corrected chi connectivity index (χ0v) is 14.0. The number of benzene rings is 1. The third kappa shape index (κ3) is 6.92. The lowest BCUT2D eigenvalue weighted by molar-refractivity contribution is 0.299. The molecule has 0 fully saturated rings. The second-order valence-electron chi connectivity index (χ2n) is 3.85. The van der Waals surface area contributed by atoms with Crippen molar-refractivity contribution in [3.8, 4) is 5.75 Å². The zero-order valence-electron chi connectivity index (χ0n) is 10.9. The fraction of sp³-hybridized carbons (Fsp3) is 0.538. The van der Waals surface area contributed by atoms with Gasteiger partial charge in [0.05, 0.1) is 11.6 Å². The maximum atomic E-state index is 6.15. The molecular weight excluding hydrogens is 328 g/mol. The van der Waals surface area contributed by atoms with Gasteiger partial charge in [0.1, 0.15) is 5.75 Å². The first-order valence-corrected chi connectivity index (χ1v) is 7.41. The molecule has 110 valence electrons. The standard InChI is InChI=1S/C13H18Cl3NO.ClH/c1-2-18-13-4-3-11(9-12(13)16)10-17(7-5-14)8-6-15;/h3-4,9H,2,5-8,10H2,1H3;1H. The fourth-order valence-corrected chi connectivity index (χ4v) is 2.42. The van der Waals surface area contributed by atoms with E-state index in [1.54, 1.807) is 0 Å². The van der Waals surface area contributed by atoms with Gasteiger partial charge in [-0.05, 0) is 24.6 Å². The maximum Gasteiger partial charge on any atom is 0.137 e. The summed E-state index contributed by atoms with van der Waals surface area (Å²) in [7, 11) is 0. The van der Waals surface area contributed by atoms with Crippen molar-refractivity contribution in [2.45, 2.75) is 13.5 Å². The van der Waals surface area contributed by atoms with Gasteiger partial charge in [-0.2, -0.15) is 0 Å². The summed E-state index contributed by atoms with van der Waals surface area (Å²) in [5, 5.41) is 0.644. The van der Waals surface area contributed by atoms with Crippen molar-refractivity contribution in [2.75, 3.05) is 31.5 Å². The molecule has 0 N–H and O–H groups in total. The minimum absolute atomic E-state index is 0. The molecule has 0 heterocycles. The molecule has 2 nitrogen and oxygen atoms in total. The highest BCUT2D eigenvalue weighted by atomic mass is 35.5. The highest BCUT2D eigenvalue weighted by Gasteiger charge is 2.07. The Morgan fingerprint density at radius 2 is 1.79 bits per heavy atom. The average Bonchev–Trinajstić information content (AvgIpc) is 2.33. The molecule has 0 aliphatic heterocycles. The molecule has 1 aromatic rings. The number of rotatable bonds is 8. The van der Waals surface area contributed by atoms with Gasteiger partial charge in [-0.3, -0.25) is 4.90 Å². The maximum absolute atomic E-state index is 6.15. The van der Waals surface area contributed by atoms with E-state index in [1.165, 1.54) is 0 Å². The Bertz CT molecular complexity index is 356. The largest absolute Gasteiger partial charge is 0.492 e. The summed E-state index contributed by atoms with van der Waals surface area (Å²) in [4.78, 5) is 2.20. The van der Waals surface area contributed by atoms with E-state index in [1.807, 2.05) is 25.1 Å². The molecular formula is C13H19Cl4NO. The first kappa shape index (κ1) is 19.1. The first-order valence-electron chi connectivity index (χ1n) is 5.96. The smallest absolute Gasteiger partial charge is 0.137 e. The van der Waals surface area contributed by atoms with Crippen molar-refractivity contribution in [1.82, 2.24) is 4.90 Å². The summed E-state index contributed by atoms with van der Waals surface area (Å²) in [5.41, 5.74) is 1.14. The Labute approximate surface area is 136 Å². The highest BCUT2D eigenvalue weighted by Crippen LogP contribution is 2.25. The van der Waals surface area contributed by atoms with Crippen LogP contribution in [0.1, 0.15) is 12.5 Å². The summed E-state index contributed by atoms with van der Waals surface area (Å²) >= 11 is 17.7. The fourth-order valence-electron chi connectivity index (χ4n) is 1.68. The van der Waals surface area contributed by atoms with Crippen LogP contribution in [0.3, 0.4) is 0 Å². The molecule has 0 saturated carbocycles. The van der Waals surface area contributed by atoms with Gasteiger partial charge in [0, 0.05) is 31.4 Å². The van der Waals surface area contributed by atoms with E-state index in [4.69, 9.17) is 39.5 Å². The van der Waals surface area contributed by atoms with E-state index in [0.717, 1.165) is 30.9 Å². The molecule has 0 aliphatic rings. The van der Waals surface area contributed by atoms with Gasteiger partial charge in [-0.25, -0.2) is 0 Å². The van der Waals surface area contributed by atoms with Gasteiger partial charge in [-0.1, -0.05) is 17.7 Å². The van der Waals surface area contributed by atoms with Crippen LogP contribution in [0.15, 0.2) is 18.2 Å². The van der Waals surface area contributed by atoms with Gasteiger partial charge >= 0.3 is 0 Å². The highest BCUT2D eigenvalue weighted by molar-refractivity contribution is 6.32. The van der Waals surface area contributed by atoms with Gasteiger partial charge in [0.25, 0.3) is 0 Å². The van der Waals surface area contributed by atoms with Crippen molar-refractivity contribution in [2.24, 2.45) is 0 Å². The van der Waals surface area contributed by atoms with E-state index in [9.17, 15) is 0 Å². The second-order valence-corrected chi connectivity index (χ2v) is 5.02. The van der Waals surface area contributed by atoms with Crippen LogP contribution < -0.4 is 4.74 Å². The van der Waals surface area contributed by atoms with Gasteiger partial charge in [0.15, 0.2) is 0 Å². The predicted octanol–water partition coefficient (Wildman–Crippen LogP) is 4.44. The lowest BCUT2D eigenvalue weighted by Gasteiger charge is -2.20. The Balaban J connectivity index is 0.00000324. The molecule has 0 aromatic heterocycles. The van der Waals surface area contributed by atoms with E-state index in [0.29, 0.717) is 23.4 Å². The Morgan fingerprint density at radius 1 is 1.16 bits per heavy atom. The normalized spacial score (nSPS) is 10.4. The number of hydrogen-bond donors (Lipinski definition) is 0. The summed E-state index contributed by atoms with van der Waals surface area (Å²) < 4.78 is 5.40. The van der Waals surface area contributed by atoms with E-state index >= 15 is 0 Å². The summed E-state index contributed by atoms with van der Waals surface area (Å²) in [6, 6.07) is 5.86. The number of ether oxygens (including phenoxy) is 1. The molecule has 0 unspecified atom stereocenters. The van der Waals surface area contributed by atoms with E-state index in [2.05, 4.69) is 4.90 Å². The monoisotopic (exact) mass is 345 g/mol. The second kappa shape index (κ2) is 10.9. The number of alkyl halides is 2. The average molecular weight is 347 g/mol. The van der Waals surface area contributed by atoms with Crippen LogP contribution in [0.2, 0.25) is 5.02 Å². The number of nitrogens with zero attached hydrogens (tertiary/aromatic N) is 1. The van der Waals surface area contributed by atoms with E-state index in [-0.39, 0.29) is 12.4 Å². The molecule has 0 bridgehead atoms. The SMILES string of the molecule is CCOc1ccc(CN(CCCl)CCCl)cc1Cl.Cl. The van der Waals surface area contributed by atoms with Crippen molar-refractivity contribution >= 4 is 47.2 Å². The topological polar surface area (TPSA) is 12.5 Å². The van der Waals surface area contributed by atoms with Crippen LogP contribution in [-0.4, -0.2) is 36.4 Å². The number of halogens is 4. The molecule has 1 rings (SSSR count). The minimum Gasteiger partial charge on any atom is -0.492 e. The van der Waals surface area contributed by atoms with Gasteiger partial charge in [-0.15, -0.1) is 35.6 Å². The molecule has 19 heavy (non-hydrogen) atoms. The number of hydrogen-bond acceptors (Lipinski definition) is 2. The first-order chi connectivity index (χ1) is 8.71. The molecule has 1 aromatic carbocycles. The summed E-state index contributed by atoms with van der Waals surface area (Å²) in [5.74, 6) is 1.92. The molecule has 0 radical (unpaired) electrons. The molecule has 0 atom stereocenters. The zero-order chi connectivity index (χ0) is 13.4. The van der Waals surface area contributed by atoms with Gasteiger partial charge in [0.2, 0.25) is 0 Å². The minimum atomic E-state index is 0. The van der Waals surface area contributed by atoms with Crippen LogP contribution in [0.4, 0.5) is 0 Å². The van der Waals surface area contributed by atoms with Crippen LogP contribution in [0.25, 0.3) is 0 Å². The molecule has 0 spiro atoms. The lowest BCUT2D eigenvalue weighted by Crippen LogP contribution is -2.27. The Kier molecular flexibility index (Phi) is 11.0. The predicted molar refractivity (Wildman–Crippen MR) is 86.6 cm³/mol. The van der Waals surface area contributed by atoms with Crippen LogP contribution in [0.5, 0.6) is 5.75 Å². The van der Waals surface area contributed by atoms with Crippen molar-refractivity contribution in [3.05, 3.63) is 28.8 Å². The molecule has 0 amide bonds. The van der Waals surface area contributed by atoms with Crippen molar-refractivity contribution < 1.29 is 4.74 Å². The summed E-state index contributed by atoms with van der Waals surface area (Å²) in [6.07, 6.45) is 0. The Hall–Kier alpha value is 0.140. The van der Waals surface area contributed by atoms with Crippen LogP contribution in [-0.2, 0) is 6.54 Å². The van der Waals surface area contributed by atoms with Crippen LogP contribution >= 0.6 is 47.2 Å². The summed E-state index contributed by atoms with van der Waals surface area (Å²) in [6.45, 7) is 4.99. The van der Waals surface area contributed by atoms with Crippen LogP contribution in [0, 0.1) is 0 Å². The third-order valence-electron chi connectivity index (χ3n) is 2.50. The molecule has 0 aliphatic carbocycles. The molecule has 0 saturated heterocycles. The quantitative estimate of drug-likeness (QED) is 0.645. The molecule has 6 heteroatoms. The Morgan fingerprint density at radius 3 is 2.26 bits per heavy atom. The van der Waals surface area contributed by atoms with Crippen molar-refractivity contribution in [3.63, 3.8) is 0 Å². The van der Waals surface area contributed by atoms with Gasteiger partial charge < -0.3 is 4.74 Å². The third-order valence-corrected chi connectivity index (χ3v) is 3.14.